The summed E-state index contributed by atoms with van der Waals surface area (Å²) in [7, 11) is 3.30. The summed E-state index contributed by atoms with van der Waals surface area (Å²) in [6, 6.07) is 3.68. The molecule has 0 fully saturated rings. The number of rotatable bonds is 7. The van der Waals surface area contributed by atoms with E-state index in [0.717, 1.165) is 25.9 Å². The van der Waals surface area contributed by atoms with E-state index in [2.05, 4.69) is 33.8 Å². The molecule has 0 aliphatic rings. The molecule has 0 spiro atoms. The zero-order chi connectivity index (χ0) is 18.7. The molecule has 0 amide bonds. The first-order valence-corrected chi connectivity index (χ1v) is 8.82. The number of aromatic amines is 1. The maximum atomic E-state index is 12.7. The van der Waals surface area contributed by atoms with Crippen LogP contribution in [0.4, 0.5) is 5.95 Å². The average Bonchev–Trinajstić information content (AvgIpc) is 2.98. The van der Waals surface area contributed by atoms with Gasteiger partial charge in [-0.1, -0.05) is 13.8 Å². The number of aromatic nitrogens is 5. The van der Waals surface area contributed by atoms with Gasteiger partial charge in [0.25, 0.3) is 5.56 Å². The van der Waals surface area contributed by atoms with Crippen LogP contribution in [0.5, 0.6) is 5.88 Å². The standard InChI is InChI=1S/C18H24N6O2/c1-5-10-24(11-6-2)18-20-14-13(12-8-7-9-19-17(12)26-4)22-23(3)15(14)16(25)21-18/h7-9H,5-6,10-11H2,1-4H3,(H,20,21,25). The molecule has 0 aliphatic carbocycles. The summed E-state index contributed by atoms with van der Waals surface area (Å²) >= 11 is 0. The van der Waals surface area contributed by atoms with Gasteiger partial charge in [-0.05, 0) is 25.0 Å². The number of H-pyrrole nitrogens is 1. The van der Waals surface area contributed by atoms with Crippen molar-refractivity contribution in [1.82, 2.24) is 24.7 Å². The quantitative estimate of drug-likeness (QED) is 0.699. The van der Waals surface area contributed by atoms with E-state index in [1.807, 2.05) is 12.1 Å². The van der Waals surface area contributed by atoms with Gasteiger partial charge in [-0.2, -0.15) is 5.10 Å². The molecule has 0 saturated heterocycles. The minimum absolute atomic E-state index is 0.202. The molecule has 1 N–H and O–H groups in total. The summed E-state index contributed by atoms with van der Waals surface area (Å²) in [6.45, 7) is 5.87. The number of ether oxygens (including phenoxy) is 1. The first kappa shape index (κ1) is 17.9. The number of nitrogens with one attached hydrogen (secondary N) is 1. The lowest BCUT2D eigenvalue weighted by Crippen LogP contribution is -2.29. The number of aryl methyl sites for hydroxylation is 1. The second-order valence-electron chi connectivity index (χ2n) is 6.11. The monoisotopic (exact) mass is 356 g/mol. The van der Waals surface area contributed by atoms with Gasteiger partial charge in [0.2, 0.25) is 11.8 Å². The van der Waals surface area contributed by atoms with Crippen molar-refractivity contribution >= 4 is 17.0 Å². The third kappa shape index (κ3) is 3.14. The van der Waals surface area contributed by atoms with E-state index in [4.69, 9.17) is 9.72 Å². The number of methoxy groups -OCH3 is 1. The van der Waals surface area contributed by atoms with Crippen LogP contribution in [0.25, 0.3) is 22.3 Å². The Balaban J connectivity index is 2.24. The topological polar surface area (TPSA) is 88.9 Å². The Kier molecular flexibility index (Phi) is 5.20. The minimum Gasteiger partial charge on any atom is -0.481 e. The number of pyridine rings is 1. The minimum atomic E-state index is -0.202. The molecule has 3 aromatic heterocycles. The molecule has 3 aromatic rings. The second kappa shape index (κ2) is 7.55. The highest BCUT2D eigenvalue weighted by molar-refractivity contribution is 5.91. The summed E-state index contributed by atoms with van der Waals surface area (Å²) in [5, 5.41) is 4.52. The third-order valence-corrected chi connectivity index (χ3v) is 4.19. The lowest BCUT2D eigenvalue weighted by atomic mass is 10.2. The first-order chi connectivity index (χ1) is 12.6. The predicted octanol–water partition coefficient (Wildman–Crippen LogP) is 2.35. The zero-order valence-electron chi connectivity index (χ0n) is 15.6. The van der Waals surface area contributed by atoms with Crippen molar-refractivity contribution in [1.29, 1.82) is 0 Å². The van der Waals surface area contributed by atoms with Crippen LogP contribution in [0.1, 0.15) is 26.7 Å². The molecule has 8 heteroatoms. The maximum Gasteiger partial charge on any atom is 0.278 e. The molecular weight excluding hydrogens is 332 g/mol. The molecule has 0 bridgehead atoms. The SMILES string of the molecule is CCCN(CCC)c1nc2c(-c3cccnc3OC)nn(C)c2c(=O)[nH]1. The third-order valence-electron chi connectivity index (χ3n) is 4.19. The van der Waals surface area contributed by atoms with Gasteiger partial charge in [-0.3, -0.25) is 14.5 Å². The first-order valence-electron chi connectivity index (χ1n) is 8.82. The maximum absolute atomic E-state index is 12.7. The highest BCUT2D eigenvalue weighted by atomic mass is 16.5. The van der Waals surface area contributed by atoms with Crippen LogP contribution in [-0.2, 0) is 7.05 Å². The molecule has 138 valence electrons. The van der Waals surface area contributed by atoms with Gasteiger partial charge in [-0.25, -0.2) is 9.97 Å². The molecule has 3 rings (SSSR count). The van der Waals surface area contributed by atoms with Gasteiger partial charge in [0.15, 0.2) is 5.52 Å². The highest BCUT2D eigenvalue weighted by Gasteiger charge is 2.21. The van der Waals surface area contributed by atoms with Crippen LogP contribution in [0, 0.1) is 0 Å². The lowest BCUT2D eigenvalue weighted by molar-refractivity contribution is 0.399. The number of anilines is 1. The van der Waals surface area contributed by atoms with Gasteiger partial charge in [-0.15, -0.1) is 0 Å². The molecular formula is C18H24N6O2. The Bertz CT molecular complexity index is 956. The summed E-state index contributed by atoms with van der Waals surface area (Å²) in [5.74, 6) is 1.03. The van der Waals surface area contributed by atoms with Crippen molar-refractivity contribution in [3.05, 3.63) is 28.7 Å². The number of hydrogen-bond donors (Lipinski definition) is 1. The Labute approximate surface area is 151 Å². The molecule has 0 aliphatic heterocycles. The molecule has 0 aromatic carbocycles. The van der Waals surface area contributed by atoms with Crippen molar-refractivity contribution in [2.75, 3.05) is 25.1 Å². The Hall–Kier alpha value is -2.90. The van der Waals surface area contributed by atoms with Crippen molar-refractivity contribution in [3.63, 3.8) is 0 Å². The number of hydrogen-bond acceptors (Lipinski definition) is 6. The van der Waals surface area contributed by atoms with Gasteiger partial charge in [0, 0.05) is 26.3 Å². The van der Waals surface area contributed by atoms with Gasteiger partial charge < -0.3 is 9.64 Å². The highest BCUT2D eigenvalue weighted by Crippen LogP contribution is 2.31. The Morgan fingerprint density at radius 1 is 1.27 bits per heavy atom. The van der Waals surface area contributed by atoms with Gasteiger partial charge in [0.05, 0.1) is 12.7 Å². The molecule has 3 heterocycles. The van der Waals surface area contributed by atoms with E-state index < -0.39 is 0 Å². The molecule has 26 heavy (non-hydrogen) atoms. The van der Waals surface area contributed by atoms with Crippen LogP contribution in [0.15, 0.2) is 23.1 Å². The van der Waals surface area contributed by atoms with Crippen LogP contribution >= 0.6 is 0 Å². The molecule has 0 radical (unpaired) electrons. The van der Waals surface area contributed by atoms with E-state index in [1.54, 1.807) is 25.0 Å². The lowest BCUT2D eigenvalue weighted by Gasteiger charge is -2.21. The van der Waals surface area contributed by atoms with E-state index in [0.29, 0.717) is 34.1 Å². The summed E-state index contributed by atoms with van der Waals surface area (Å²) in [5.41, 5.74) is 2.08. The fourth-order valence-electron chi connectivity index (χ4n) is 3.10. The molecule has 0 unspecified atom stereocenters. The van der Waals surface area contributed by atoms with Crippen LogP contribution in [-0.4, -0.2) is 44.9 Å². The average molecular weight is 356 g/mol. The normalized spacial score (nSPS) is 11.1. The van der Waals surface area contributed by atoms with Crippen LogP contribution < -0.4 is 15.2 Å². The smallest absolute Gasteiger partial charge is 0.278 e. The van der Waals surface area contributed by atoms with Crippen LogP contribution in [0.2, 0.25) is 0 Å². The van der Waals surface area contributed by atoms with E-state index in [-0.39, 0.29) is 5.56 Å². The second-order valence-corrected chi connectivity index (χ2v) is 6.11. The largest absolute Gasteiger partial charge is 0.481 e. The van der Waals surface area contributed by atoms with E-state index in [9.17, 15) is 4.79 Å². The van der Waals surface area contributed by atoms with Gasteiger partial charge in [0.1, 0.15) is 11.2 Å². The Morgan fingerprint density at radius 3 is 2.65 bits per heavy atom. The fourth-order valence-corrected chi connectivity index (χ4v) is 3.10. The van der Waals surface area contributed by atoms with E-state index in [1.165, 1.54) is 0 Å². The fraction of sp³-hybridized carbons (Fsp3) is 0.444. The van der Waals surface area contributed by atoms with Gasteiger partial charge >= 0.3 is 0 Å². The Morgan fingerprint density at radius 2 is 2.00 bits per heavy atom. The predicted molar refractivity (Wildman–Crippen MR) is 102 cm³/mol. The molecule has 0 saturated carbocycles. The molecule has 8 nitrogen and oxygen atoms in total. The number of fused-ring (bicyclic) bond motifs is 1. The number of nitrogens with zero attached hydrogens (tertiary/aromatic N) is 5. The van der Waals surface area contributed by atoms with Crippen molar-refractivity contribution < 1.29 is 4.74 Å². The van der Waals surface area contributed by atoms with E-state index >= 15 is 0 Å². The molecule has 0 atom stereocenters. The zero-order valence-corrected chi connectivity index (χ0v) is 15.6. The van der Waals surface area contributed by atoms with Crippen LogP contribution in [0.3, 0.4) is 0 Å². The summed E-state index contributed by atoms with van der Waals surface area (Å²) in [6.07, 6.45) is 3.60. The van der Waals surface area contributed by atoms with Crippen molar-refractivity contribution in [3.8, 4) is 17.1 Å². The summed E-state index contributed by atoms with van der Waals surface area (Å²) in [4.78, 5) is 26.7. The van der Waals surface area contributed by atoms with Crippen molar-refractivity contribution in [2.45, 2.75) is 26.7 Å². The van der Waals surface area contributed by atoms with Crippen molar-refractivity contribution in [2.24, 2.45) is 7.05 Å². The summed E-state index contributed by atoms with van der Waals surface area (Å²) < 4.78 is 6.91.